The Bertz CT molecular complexity index is 468. The maximum absolute atomic E-state index is 12.7. The van der Waals surface area contributed by atoms with Gasteiger partial charge in [0.2, 0.25) is 5.89 Å². The summed E-state index contributed by atoms with van der Waals surface area (Å²) in [6, 6.07) is 6.20. The lowest BCUT2D eigenvalue weighted by Gasteiger charge is -1.95. The fourth-order valence-corrected chi connectivity index (χ4v) is 1.48. The fraction of sp³-hybridized carbons (Fsp3) is 0.333. The maximum atomic E-state index is 12.7. The molecule has 0 unspecified atom stereocenters. The van der Waals surface area contributed by atoms with Crippen molar-refractivity contribution in [3.63, 3.8) is 0 Å². The molecule has 0 saturated carbocycles. The van der Waals surface area contributed by atoms with Crippen molar-refractivity contribution >= 4 is 0 Å². The minimum absolute atomic E-state index is 0.107. The van der Waals surface area contributed by atoms with Crippen molar-refractivity contribution in [2.24, 2.45) is 0 Å². The zero-order valence-electron chi connectivity index (χ0n) is 9.27. The highest BCUT2D eigenvalue weighted by atomic mass is 19.1. The van der Waals surface area contributed by atoms with E-state index >= 15 is 0 Å². The molecule has 0 aliphatic carbocycles. The summed E-state index contributed by atoms with van der Waals surface area (Å²) in [5.74, 6) is 0.839. The second-order valence-electron chi connectivity index (χ2n) is 3.73. The minimum Gasteiger partial charge on any atom is -0.396 e. The third kappa shape index (κ3) is 3.35. The van der Waals surface area contributed by atoms with E-state index in [1.807, 2.05) is 0 Å². The summed E-state index contributed by atoms with van der Waals surface area (Å²) in [5.41, 5.74) is 0.931. The Morgan fingerprint density at radius 3 is 2.71 bits per heavy atom. The average Bonchev–Trinajstić information content (AvgIpc) is 2.77. The Labute approximate surface area is 98.1 Å². The molecule has 1 heterocycles. The Hall–Kier alpha value is -1.75. The number of benzene rings is 1. The number of rotatable bonds is 5. The molecule has 1 N–H and O–H groups in total. The molecule has 17 heavy (non-hydrogen) atoms. The second kappa shape index (κ2) is 5.54. The first-order chi connectivity index (χ1) is 8.28. The molecule has 0 spiro atoms. The molecule has 4 nitrogen and oxygen atoms in total. The van der Waals surface area contributed by atoms with Crippen LogP contribution in [0.1, 0.15) is 23.7 Å². The summed E-state index contributed by atoms with van der Waals surface area (Å²) in [7, 11) is 0. The Balaban J connectivity index is 1.98. The summed E-state index contributed by atoms with van der Waals surface area (Å²) < 4.78 is 17.7. The highest BCUT2D eigenvalue weighted by molar-refractivity contribution is 5.19. The van der Waals surface area contributed by atoms with Gasteiger partial charge in [-0.3, -0.25) is 0 Å². The van der Waals surface area contributed by atoms with Gasteiger partial charge in [0.05, 0.1) is 0 Å². The van der Waals surface area contributed by atoms with Crippen LogP contribution in [0.2, 0.25) is 0 Å². The monoisotopic (exact) mass is 236 g/mol. The smallest absolute Gasteiger partial charge is 0.226 e. The first kappa shape index (κ1) is 11.7. The molecule has 0 aliphatic rings. The van der Waals surface area contributed by atoms with E-state index in [1.165, 1.54) is 12.1 Å². The van der Waals surface area contributed by atoms with E-state index in [4.69, 9.17) is 9.63 Å². The number of halogens is 1. The lowest BCUT2D eigenvalue weighted by Crippen LogP contribution is -1.93. The SMILES string of the molecule is OCCCc1nc(Cc2ccc(F)cc2)no1. The van der Waals surface area contributed by atoms with Crippen LogP contribution in [0, 0.1) is 5.82 Å². The van der Waals surface area contributed by atoms with E-state index in [1.54, 1.807) is 12.1 Å². The van der Waals surface area contributed by atoms with Crippen LogP contribution in [0.25, 0.3) is 0 Å². The Morgan fingerprint density at radius 2 is 2.00 bits per heavy atom. The molecule has 2 rings (SSSR count). The van der Waals surface area contributed by atoms with Crippen molar-refractivity contribution in [3.05, 3.63) is 47.4 Å². The molecule has 1 aromatic carbocycles. The number of aliphatic hydroxyl groups is 1. The zero-order chi connectivity index (χ0) is 12.1. The van der Waals surface area contributed by atoms with Crippen LogP contribution in [-0.4, -0.2) is 21.9 Å². The number of aliphatic hydroxyl groups excluding tert-OH is 1. The van der Waals surface area contributed by atoms with Crippen molar-refractivity contribution in [3.8, 4) is 0 Å². The van der Waals surface area contributed by atoms with E-state index in [2.05, 4.69) is 10.1 Å². The molecule has 0 aliphatic heterocycles. The number of aryl methyl sites for hydroxylation is 1. The molecule has 0 saturated heterocycles. The summed E-state index contributed by atoms with van der Waals surface area (Å²) >= 11 is 0. The van der Waals surface area contributed by atoms with E-state index in [9.17, 15) is 4.39 Å². The number of nitrogens with zero attached hydrogens (tertiary/aromatic N) is 2. The molecule has 0 radical (unpaired) electrons. The van der Waals surface area contributed by atoms with Crippen LogP contribution in [0.3, 0.4) is 0 Å². The molecule has 0 bridgehead atoms. The molecule has 0 amide bonds. The van der Waals surface area contributed by atoms with E-state index in [-0.39, 0.29) is 12.4 Å². The molecule has 5 heteroatoms. The summed E-state index contributed by atoms with van der Waals surface area (Å²) in [6.07, 6.45) is 1.70. The van der Waals surface area contributed by atoms with Gasteiger partial charge in [-0.2, -0.15) is 4.98 Å². The Kier molecular flexibility index (Phi) is 3.82. The van der Waals surface area contributed by atoms with Gasteiger partial charge in [-0.05, 0) is 24.1 Å². The number of hydrogen-bond donors (Lipinski definition) is 1. The predicted molar refractivity (Wildman–Crippen MR) is 58.9 cm³/mol. The van der Waals surface area contributed by atoms with Gasteiger partial charge in [-0.25, -0.2) is 4.39 Å². The fourth-order valence-electron chi connectivity index (χ4n) is 1.48. The quantitative estimate of drug-likeness (QED) is 0.858. The van der Waals surface area contributed by atoms with E-state index < -0.39 is 0 Å². The summed E-state index contributed by atoms with van der Waals surface area (Å²) in [4.78, 5) is 4.18. The van der Waals surface area contributed by atoms with Crippen LogP contribution >= 0.6 is 0 Å². The van der Waals surface area contributed by atoms with Crippen LogP contribution in [0.15, 0.2) is 28.8 Å². The summed E-state index contributed by atoms with van der Waals surface area (Å²) in [6.45, 7) is 0.107. The van der Waals surface area contributed by atoms with Gasteiger partial charge >= 0.3 is 0 Å². The average molecular weight is 236 g/mol. The lowest BCUT2D eigenvalue weighted by molar-refractivity contribution is 0.278. The molecule has 0 atom stereocenters. The van der Waals surface area contributed by atoms with Crippen LogP contribution < -0.4 is 0 Å². The van der Waals surface area contributed by atoms with Gasteiger partial charge in [0.25, 0.3) is 0 Å². The lowest BCUT2D eigenvalue weighted by atomic mass is 10.1. The number of hydrogen-bond acceptors (Lipinski definition) is 4. The first-order valence-electron chi connectivity index (χ1n) is 5.44. The van der Waals surface area contributed by atoms with Gasteiger partial charge in [-0.15, -0.1) is 0 Å². The molecule has 90 valence electrons. The van der Waals surface area contributed by atoms with Crippen LogP contribution in [0.4, 0.5) is 4.39 Å². The van der Waals surface area contributed by atoms with Crippen LogP contribution in [0.5, 0.6) is 0 Å². The zero-order valence-corrected chi connectivity index (χ0v) is 9.27. The third-order valence-electron chi connectivity index (χ3n) is 2.33. The van der Waals surface area contributed by atoms with Gasteiger partial charge in [0.15, 0.2) is 5.82 Å². The Morgan fingerprint density at radius 1 is 1.24 bits per heavy atom. The van der Waals surface area contributed by atoms with E-state index in [0.717, 1.165) is 5.56 Å². The maximum Gasteiger partial charge on any atom is 0.226 e. The van der Waals surface area contributed by atoms with Gasteiger partial charge < -0.3 is 9.63 Å². The molecular formula is C12H13FN2O2. The topological polar surface area (TPSA) is 59.2 Å². The third-order valence-corrected chi connectivity index (χ3v) is 2.33. The molecule has 0 fully saturated rings. The predicted octanol–water partition coefficient (Wildman–Crippen LogP) is 1.72. The van der Waals surface area contributed by atoms with Gasteiger partial charge in [0.1, 0.15) is 5.82 Å². The van der Waals surface area contributed by atoms with Gasteiger partial charge in [-0.1, -0.05) is 17.3 Å². The van der Waals surface area contributed by atoms with Crippen molar-refractivity contribution < 1.29 is 14.0 Å². The second-order valence-corrected chi connectivity index (χ2v) is 3.73. The molecule has 2 aromatic rings. The minimum atomic E-state index is -0.259. The van der Waals surface area contributed by atoms with Gasteiger partial charge in [0, 0.05) is 19.4 Å². The first-order valence-corrected chi connectivity index (χ1v) is 5.44. The highest BCUT2D eigenvalue weighted by Crippen LogP contribution is 2.09. The number of aromatic nitrogens is 2. The van der Waals surface area contributed by atoms with Crippen molar-refractivity contribution in [1.82, 2.24) is 10.1 Å². The van der Waals surface area contributed by atoms with E-state index in [0.29, 0.717) is 31.0 Å². The largest absolute Gasteiger partial charge is 0.396 e. The summed E-state index contributed by atoms with van der Waals surface area (Å²) in [5, 5.41) is 12.5. The standard InChI is InChI=1S/C12H13FN2O2/c13-10-5-3-9(4-6-10)8-11-14-12(17-15-11)2-1-7-16/h3-6,16H,1-2,7-8H2. The van der Waals surface area contributed by atoms with Crippen molar-refractivity contribution in [2.45, 2.75) is 19.3 Å². The van der Waals surface area contributed by atoms with Crippen LogP contribution in [-0.2, 0) is 12.8 Å². The molecule has 1 aromatic heterocycles. The normalized spacial score (nSPS) is 10.7. The van der Waals surface area contributed by atoms with Crippen molar-refractivity contribution in [1.29, 1.82) is 0 Å². The van der Waals surface area contributed by atoms with Crippen molar-refractivity contribution in [2.75, 3.05) is 6.61 Å². The highest BCUT2D eigenvalue weighted by Gasteiger charge is 2.06. The molecular weight excluding hydrogens is 223 g/mol.